The number of allylic oxidation sites excluding steroid dienone is 2. The first-order valence-electron chi connectivity index (χ1n) is 8.21. The summed E-state index contributed by atoms with van der Waals surface area (Å²) < 4.78 is 15.3. The van der Waals surface area contributed by atoms with Crippen molar-refractivity contribution in [3.8, 4) is 11.5 Å². The van der Waals surface area contributed by atoms with Gasteiger partial charge in [0, 0.05) is 11.3 Å². The van der Waals surface area contributed by atoms with Crippen molar-refractivity contribution in [3.63, 3.8) is 0 Å². The number of carbonyl (C=O) groups is 2. The summed E-state index contributed by atoms with van der Waals surface area (Å²) in [6, 6.07) is 4.80. The molecular formula is C18H21NO7. The summed E-state index contributed by atoms with van der Waals surface area (Å²) in [5.41, 5.74) is 0.459. The first-order chi connectivity index (χ1) is 12.5. The lowest BCUT2D eigenvalue weighted by atomic mass is 9.81. The molecule has 0 fully saturated rings. The zero-order valence-electron chi connectivity index (χ0n) is 14.7. The highest BCUT2D eigenvalue weighted by molar-refractivity contribution is 6.00. The highest BCUT2D eigenvalue weighted by Gasteiger charge is 2.39. The third-order valence-corrected chi connectivity index (χ3v) is 4.17. The van der Waals surface area contributed by atoms with E-state index in [2.05, 4.69) is 0 Å². The van der Waals surface area contributed by atoms with Crippen LogP contribution in [0.5, 0.6) is 11.5 Å². The molecule has 1 heterocycles. The number of ketones is 1. The molecule has 1 aromatic carbocycles. The van der Waals surface area contributed by atoms with E-state index in [1.165, 1.54) is 0 Å². The molecule has 2 rings (SSSR count). The van der Waals surface area contributed by atoms with Crippen LogP contribution in [0.1, 0.15) is 31.2 Å². The Morgan fingerprint density at radius 3 is 2.73 bits per heavy atom. The molecule has 8 nitrogen and oxygen atoms in total. The van der Waals surface area contributed by atoms with Gasteiger partial charge in [-0.1, -0.05) is 18.2 Å². The largest absolute Gasteiger partial charge is 0.468 e. The van der Waals surface area contributed by atoms with E-state index in [-0.39, 0.29) is 19.0 Å². The average molecular weight is 363 g/mol. The van der Waals surface area contributed by atoms with Gasteiger partial charge >= 0.3 is 5.97 Å². The summed E-state index contributed by atoms with van der Waals surface area (Å²) in [6.07, 6.45) is 4.15. The Balaban J connectivity index is 2.37. The van der Waals surface area contributed by atoms with E-state index < -0.39 is 29.3 Å². The molecule has 8 heteroatoms. The normalized spacial score (nSPS) is 14.8. The predicted octanol–water partition coefficient (Wildman–Crippen LogP) is 2.49. The summed E-state index contributed by atoms with van der Waals surface area (Å²) >= 11 is 0. The minimum atomic E-state index is -1.25. The number of methoxy groups -OCH3 is 1. The quantitative estimate of drug-likeness (QED) is 0.218. The van der Waals surface area contributed by atoms with Crippen molar-refractivity contribution in [2.45, 2.75) is 25.7 Å². The molecule has 0 saturated heterocycles. The van der Waals surface area contributed by atoms with Crippen LogP contribution in [0.2, 0.25) is 0 Å². The van der Waals surface area contributed by atoms with Crippen molar-refractivity contribution in [2.24, 2.45) is 5.92 Å². The van der Waals surface area contributed by atoms with Crippen molar-refractivity contribution in [2.75, 3.05) is 20.4 Å². The topological polar surface area (TPSA) is 105 Å². The number of hydrogen-bond donors (Lipinski definition) is 0. The van der Waals surface area contributed by atoms with Gasteiger partial charge in [0.25, 0.3) is 0 Å². The van der Waals surface area contributed by atoms with Crippen LogP contribution in [0, 0.1) is 16.0 Å². The van der Waals surface area contributed by atoms with Crippen LogP contribution in [0.4, 0.5) is 0 Å². The maximum absolute atomic E-state index is 12.6. The number of fused-ring (bicyclic) bond motifs is 1. The summed E-state index contributed by atoms with van der Waals surface area (Å²) in [5.74, 6) is -2.43. The van der Waals surface area contributed by atoms with E-state index in [9.17, 15) is 19.7 Å². The van der Waals surface area contributed by atoms with Crippen molar-refractivity contribution in [3.05, 3.63) is 46.0 Å². The maximum Gasteiger partial charge on any atom is 0.317 e. The van der Waals surface area contributed by atoms with E-state index in [4.69, 9.17) is 14.2 Å². The van der Waals surface area contributed by atoms with E-state index in [0.717, 1.165) is 7.11 Å². The molecule has 140 valence electrons. The number of carbonyl (C=O) groups excluding carboxylic acids is 2. The lowest BCUT2D eigenvalue weighted by molar-refractivity contribution is -0.484. The molecule has 0 aromatic heterocycles. The summed E-state index contributed by atoms with van der Waals surface area (Å²) in [6.45, 7) is 1.31. The van der Waals surface area contributed by atoms with Crippen LogP contribution < -0.4 is 9.47 Å². The molecule has 0 spiro atoms. The van der Waals surface area contributed by atoms with E-state index >= 15 is 0 Å². The third kappa shape index (κ3) is 4.59. The molecule has 0 saturated carbocycles. The second-order valence-electron chi connectivity index (χ2n) is 5.81. The average Bonchev–Trinajstić information content (AvgIpc) is 3.08. The zero-order valence-corrected chi connectivity index (χ0v) is 14.7. The Hall–Kier alpha value is -2.90. The first-order valence-corrected chi connectivity index (χ1v) is 8.21. The van der Waals surface area contributed by atoms with Crippen molar-refractivity contribution >= 4 is 11.8 Å². The van der Waals surface area contributed by atoms with Gasteiger partial charge in [-0.05, 0) is 31.0 Å². The Kier molecular flexibility index (Phi) is 6.71. The van der Waals surface area contributed by atoms with Gasteiger partial charge in [-0.3, -0.25) is 19.7 Å². The molecule has 0 bridgehead atoms. The van der Waals surface area contributed by atoms with Crippen LogP contribution in [-0.4, -0.2) is 37.1 Å². The predicted molar refractivity (Wildman–Crippen MR) is 91.7 cm³/mol. The summed E-state index contributed by atoms with van der Waals surface area (Å²) in [5, 5.41) is 11.2. The lowest BCUT2D eigenvalue weighted by Gasteiger charge is -2.22. The van der Waals surface area contributed by atoms with Crippen LogP contribution in [0.3, 0.4) is 0 Å². The van der Waals surface area contributed by atoms with Crippen LogP contribution >= 0.6 is 0 Å². The Morgan fingerprint density at radius 2 is 2.08 bits per heavy atom. The van der Waals surface area contributed by atoms with Gasteiger partial charge in [0.15, 0.2) is 11.5 Å². The molecule has 0 N–H and O–H groups in total. The maximum atomic E-state index is 12.6. The molecule has 1 aliphatic rings. The van der Waals surface area contributed by atoms with Gasteiger partial charge in [-0.25, -0.2) is 0 Å². The molecule has 1 aliphatic heterocycles. The van der Waals surface area contributed by atoms with Gasteiger partial charge in [-0.2, -0.15) is 0 Å². The van der Waals surface area contributed by atoms with Gasteiger partial charge in [0.05, 0.1) is 13.0 Å². The Morgan fingerprint density at radius 1 is 1.35 bits per heavy atom. The molecule has 1 aromatic rings. The number of nitrogens with zero attached hydrogens (tertiary/aromatic N) is 1. The van der Waals surface area contributed by atoms with Crippen LogP contribution in [0.15, 0.2) is 30.4 Å². The SMILES string of the molecule is CC=CCCC(=O)C(C(=O)OC)C(C[N+](=O)[O-])c1ccc2c(c1)OCO2. The number of hydrogen-bond acceptors (Lipinski definition) is 7. The molecule has 2 atom stereocenters. The molecule has 0 amide bonds. The molecule has 26 heavy (non-hydrogen) atoms. The Bertz CT molecular complexity index is 713. The number of esters is 1. The van der Waals surface area contributed by atoms with Gasteiger partial charge in [0.1, 0.15) is 11.7 Å². The van der Waals surface area contributed by atoms with Crippen molar-refractivity contribution in [1.82, 2.24) is 0 Å². The summed E-state index contributed by atoms with van der Waals surface area (Å²) in [4.78, 5) is 35.6. The monoisotopic (exact) mass is 363 g/mol. The minimum absolute atomic E-state index is 0.0569. The number of rotatable bonds is 9. The fraction of sp³-hybridized carbons (Fsp3) is 0.444. The van der Waals surface area contributed by atoms with Crippen LogP contribution in [0.25, 0.3) is 0 Å². The second kappa shape index (κ2) is 8.98. The fourth-order valence-corrected chi connectivity index (χ4v) is 2.90. The zero-order chi connectivity index (χ0) is 19.1. The highest BCUT2D eigenvalue weighted by Crippen LogP contribution is 2.37. The second-order valence-corrected chi connectivity index (χ2v) is 5.81. The minimum Gasteiger partial charge on any atom is -0.468 e. The number of nitro groups is 1. The molecule has 2 unspecified atom stereocenters. The van der Waals surface area contributed by atoms with E-state index in [1.807, 2.05) is 6.92 Å². The molecular weight excluding hydrogens is 342 g/mol. The Labute approximate surface area is 150 Å². The summed E-state index contributed by atoms with van der Waals surface area (Å²) in [7, 11) is 1.16. The van der Waals surface area contributed by atoms with Gasteiger partial charge in [0.2, 0.25) is 13.3 Å². The van der Waals surface area contributed by atoms with E-state index in [0.29, 0.717) is 23.5 Å². The standard InChI is InChI=1S/C18H21NO7/c1-3-4-5-6-14(20)17(18(21)24-2)13(10-19(22)23)12-7-8-15-16(9-12)26-11-25-15/h3-4,7-9,13,17H,5-6,10-11H2,1-2H3. The number of benzene rings is 1. The van der Waals surface area contributed by atoms with Crippen molar-refractivity contribution < 1.29 is 28.7 Å². The lowest BCUT2D eigenvalue weighted by Crippen LogP contribution is -2.34. The van der Waals surface area contributed by atoms with Crippen LogP contribution in [-0.2, 0) is 14.3 Å². The first kappa shape index (κ1) is 19.4. The highest BCUT2D eigenvalue weighted by atomic mass is 16.7. The fourth-order valence-electron chi connectivity index (χ4n) is 2.90. The van der Waals surface area contributed by atoms with E-state index in [1.54, 1.807) is 30.4 Å². The number of Topliss-reactive ketones (excluding diaryl/α,β-unsaturated/α-hetero) is 1. The third-order valence-electron chi connectivity index (χ3n) is 4.17. The molecule has 0 radical (unpaired) electrons. The van der Waals surface area contributed by atoms with Gasteiger partial charge < -0.3 is 14.2 Å². The number of ether oxygens (including phenoxy) is 3. The molecule has 0 aliphatic carbocycles. The van der Waals surface area contributed by atoms with Gasteiger partial charge in [-0.15, -0.1) is 0 Å². The van der Waals surface area contributed by atoms with Crippen molar-refractivity contribution in [1.29, 1.82) is 0 Å². The smallest absolute Gasteiger partial charge is 0.317 e.